The number of Topliss-reactive ketones (excluding diaryl/α,β-unsaturated/α-hetero) is 1. The maximum absolute atomic E-state index is 12.4. The van der Waals surface area contributed by atoms with Crippen molar-refractivity contribution >= 4 is 41.4 Å². The zero-order valence-electron chi connectivity index (χ0n) is 28.7. The van der Waals surface area contributed by atoms with Crippen LogP contribution in [0.25, 0.3) is 0 Å². The van der Waals surface area contributed by atoms with Crippen LogP contribution in [0.15, 0.2) is 0 Å². The summed E-state index contributed by atoms with van der Waals surface area (Å²) in [5, 5.41) is 35.3. The first kappa shape index (κ1) is 45.3. The smallest absolute Gasteiger partial charge is 0.326 e. The first-order valence-electron chi connectivity index (χ1n) is 16.7. The van der Waals surface area contributed by atoms with E-state index in [0.717, 1.165) is 12.8 Å². The molecule has 0 rings (SSSR count). The van der Waals surface area contributed by atoms with Crippen molar-refractivity contribution in [1.82, 2.24) is 16.0 Å². The SMILES string of the molecule is CCCCOCCOCC(=O)NCCOCCOCC(=O)N[C@@H](CCC(=O)C[C@@H](CCC(=O)NCCCC[C@H](C)C(=O)O)C(=O)O)C(=O)O. The highest BCUT2D eigenvalue weighted by atomic mass is 16.5. The standard InChI is InChI=1S/C32H55N3O14/c1-3-4-14-46-16-18-48-21-28(38)34-13-15-47-17-19-49-22-29(39)35-26(32(44)45)10-9-25(36)20-24(31(42)43)8-11-27(37)33-12-6-5-7-23(2)30(40)41/h23-24,26H,3-22H2,1-2H3,(H,33,37)(H,34,38)(H,35,39)(H,40,41)(H,42,43)(H,44,45)/t23-,24+,26-/m0/s1. The summed E-state index contributed by atoms with van der Waals surface area (Å²) in [4.78, 5) is 82.4. The van der Waals surface area contributed by atoms with E-state index in [4.69, 9.17) is 24.1 Å². The van der Waals surface area contributed by atoms with Crippen LogP contribution < -0.4 is 16.0 Å². The van der Waals surface area contributed by atoms with Crippen molar-refractivity contribution in [2.75, 3.05) is 65.9 Å². The molecule has 6 N–H and O–H groups in total. The number of carboxylic acid groups (broad SMARTS) is 3. The number of carbonyl (C=O) groups excluding carboxylic acids is 4. The third-order valence-corrected chi connectivity index (χ3v) is 7.12. The lowest BCUT2D eigenvalue weighted by Crippen LogP contribution is -2.43. The van der Waals surface area contributed by atoms with Crippen LogP contribution in [0.1, 0.15) is 78.1 Å². The highest BCUT2D eigenvalue weighted by Crippen LogP contribution is 2.15. The van der Waals surface area contributed by atoms with Gasteiger partial charge in [-0.2, -0.15) is 0 Å². The Kier molecular flexibility index (Phi) is 27.1. The summed E-state index contributed by atoms with van der Waals surface area (Å²) in [6.45, 7) is 5.43. The van der Waals surface area contributed by atoms with Gasteiger partial charge in [0.15, 0.2) is 0 Å². The first-order chi connectivity index (χ1) is 23.4. The minimum absolute atomic E-state index is 0.0272. The second kappa shape index (κ2) is 29.3. The molecule has 0 saturated heterocycles. The monoisotopic (exact) mass is 705 g/mol. The fourth-order valence-corrected chi connectivity index (χ4v) is 4.14. The Morgan fingerprint density at radius 2 is 1.20 bits per heavy atom. The lowest BCUT2D eigenvalue weighted by molar-refractivity contribution is -0.145. The van der Waals surface area contributed by atoms with Gasteiger partial charge in [-0.15, -0.1) is 0 Å². The lowest BCUT2D eigenvalue weighted by atomic mass is 9.94. The van der Waals surface area contributed by atoms with Crippen LogP contribution >= 0.6 is 0 Å². The normalized spacial score (nSPS) is 12.8. The molecule has 17 nitrogen and oxygen atoms in total. The summed E-state index contributed by atoms with van der Waals surface area (Å²) >= 11 is 0. The molecular weight excluding hydrogens is 650 g/mol. The van der Waals surface area contributed by atoms with Crippen LogP contribution in [0, 0.1) is 11.8 Å². The van der Waals surface area contributed by atoms with Gasteiger partial charge in [0.25, 0.3) is 0 Å². The molecule has 0 aromatic heterocycles. The Morgan fingerprint density at radius 1 is 0.592 bits per heavy atom. The number of aliphatic carboxylic acids is 3. The van der Waals surface area contributed by atoms with Crippen molar-refractivity contribution in [3.63, 3.8) is 0 Å². The van der Waals surface area contributed by atoms with Crippen molar-refractivity contribution in [2.24, 2.45) is 11.8 Å². The van der Waals surface area contributed by atoms with Crippen LogP contribution in [0.2, 0.25) is 0 Å². The average Bonchev–Trinajstić information content (AvgIpc) is 3.04. The van der Waals surface area contributed by atoms with Crippen LogP contribution in [-0.2, 0) is 52.5 Å². The molecule has 0 aromatic carbocycles. The van der Waals surface area contributed by atoms with Gasteiger partial charge in [0, 0.05) is 39.0 Å². The van der Waals surface area contributed by atoms with Gasteiger partial charge in [-0.1, -0.05) is 26.7 Å². The number of ether oxygens (including phenoxy) is 4. The number of ketones is 1. The van der Waals surface area contributed by atoms with Crippen molar-refractivity contribution in [1.29, 1.82) is 0 Å². The Morgan fingerprint density at radius 3 is 1.82 bits per heavy atom. The van der Waals surface area contributed by atoms with E-state index in [0.29, 0.717) is 45.6 Å². The van der Waals surface area contributed by atoms with Crippen LogP contribution in [-0.4, -0.2) is 129 Å². The molecule has 0 fully saturated rings. The fraction of sp³-hybridized carbons (Fsp3) is 0.781. The molecule has 0 aromatic rings. The molecule has 0 aliphatic rings. The molecular formula is C32H55N3O14. The van der Waals surface area contributed by atoms with E-state index in [1.54, 1.807) is 6.92 Å². The van der Waals surface area contributed by atoms with E-state index in [9.17, 15) is 43.8 Å². The zero-order chi connectivity index (χ0) is 36.9. The van der Waals surface area contributed by atoms with Gasteiger partial charge in [-0.05, 0) is 32.1 Å². The van der Waals surface area contributed by atoms with Crippen molar-refractivity contribution < 1.29 is 67.8 Å². The summed E-state index contributed by atoms with van der Waals surface area (Å²) in [6.07, 6.45) is 2.49. The van der Waals surface area contributed by atoms with Crippen molar-refractivity contribution in [2.45, 2.75) is 84.1 Å². The number of amides is 3. The Bertz CT molecular complexity index is 1010. The number of carbonyl (C=O) groups is 7. The highest BCUT2D eigenvalue weighted by molar-refractivity contribution is 5.87. The quantitative estimate of drug-likeness (QED) is 0.0516. The van der Waals surface area contributed by atoms with Gasteiger partial charge in [-0.3, -0.25) is 28.8 Å². The van der Waals surface area contributed by atoms with Gasteiger partial charge < -0.3 is 50.2 Å². The summed E-state index contributed by atoms with van der Waals surface area (Å²) in [7, 11) is 0. The Hall–Kier alpha value is -3.67. The topological polar surface area (TPSA) is 253 Å². The molecule has 0 unspecified atom stereocenters. The summed E-state index contributed by atoms with van der Waals surface area (Å²) < 4.78 is 21.0. The van der Waals surface area contributed by atoms with Gasteiger partial charge >= 0.3 is 17.9 Å². The second-order valence-electron chi connectivity index (χ2n) is 11.4. The van der Waals surface area contributed by atoms with E-state index in [2.05, 4.69) is 22.9 Å². The number of hydrogen-bond acceptors (Lipinski definition) is 11. The first-order valence-corrected chi connectivity index (χ1v) is 16.7. The van der Waals surface area contributed by atoms with Crippen molar-refractivity contribution in [3.8, 4) is 0 Å². The minimum Gasteiger partial charge on any atom is -0.481 e. The van der Waals surface area contributed by atoms with Gasteiger partial charge in [0.1, 0.15) is 25.0 Å². The second-order valence-corrected chi connectivity index (χ2v) is 11.4. The number of rotatable bonds is 33. The third kappa shape index (κ3) is 26.9. The van der Waals surface area contributed by atoms with E-state index < -0.39 is 66.4 Å². The molecule has 0 spiro atoms. The maximum atomic E-state index is 12.4. The van der Waals surface area contributed by atoms with Gasteiger partial charge in [0.2, 0.25) is 17.7 Å². The van der Waals surface area contributed by atoms with E-state index in [-0.39, 0.29) is 64.6 Å². The van der Waals surface area contributed by atoms with Gasteiger partial charge in [0.05, 0.1) is 44.9 Å². The van der Waals surface area contributed by atoms with E-state index in [1.165, 1.54) is 0 Å². The number of hydrogen-bond donors (Lipinski definition) is 6. The number of carboxylic acids is 3. The Balaban J connectivity index is 4.15. The molecule has 0 bridgehead atoms. The average molecular weight is 706 g/mol. The molecule has 3 amide bonds. The van der Waals surface area contributed by atoms with E-state index >= 15 is 0 Å². The zero-order valence-corrected chi connectivity index (χ0v) is 28.7. The lowest BCUT2D eigenvalue weighted by Gasteiger charge is -2.15. The molecule has 0 radical (unpaired) electrons. The van der Waals surface area contributed by atoms with Crippen LogP contribution in [0.5, 0.6) is 0 Å². The highest BCUT2D eigenvalue weighted by Gasteiger charge is 2.25. The predicted molar refractivity (Wildman–Crippen MR) is 174 cm³/mol. The molecule has 0 aliphatic heterocycles. The molecule has 3 atom stereocenters. The predicted octanol–water partition coefficient (Wildman–Crippen LogP) is 0.766. The molecule has 282 valence electrons. The van der Waals surface area contributed by atoms with E-state index in [1.807, 2.05) is 0 Å². The molecule has 0 saturated carbocycles. The van der Waals surface area contributed by atoms with Crippen LogP contribution in [0.3, 0.4) is 0 Å². The molecule has 0 heterocycles. The third-order valence-electron chi connectivity index (χ3n) is 7.12. The Labute approximate surface area is 287 Å². The molecule has 49 heavy (non-hydrogen) atoms. The fourth-order valence-electron chi connectivity index (χ4n) is 4.14. The van der Waals surface area contributed by atoms with Crippen molar-refractivity contribution in [3.05, 3.63) is 0 Å². The maximum Gasteiger partial charge on any atom is 0.326 e. The summed E-state index contributed by atoms with van der Waals surface area (Å²) in [5.41, 5.74) is 0. The summed E-state index contributed by atoms with van der Waals surface area (Å²) in [6, 6.07) is -1.40. The molecule has 17 heteroatoms. The van der Waals surface area contributed by atoms with Crippen LogP contribution in [0.4, 0.5) is 0 Å². The largest absolute Gasteiger partial charge is 0.481 e. The number of nitrogens with one attached hydrogen (secondary N) is 3. The summed E-state index contributed by atoms with van der Waals surface area (Å²) in [5.74, 6) is -7.08. The molecule has 0 aliphatic carbocycles. The van der Waals surface area contributed by atoms with Gasteiger partial charge in [-0.25, -0.2) is 4.79 Å². The minimum atomic E-state index is -1.40. The number of unbranched alkanes of at least 4 members (excludes halogenated alkanes) is 2.